The van der Waals surface area contributed by atoms with Crippen molar-refractivity contribution in [3.05, 3.63) is 46.4 Å². The molecule has 0 unspecified atom stereocenters. The Morgan fingerprint density at radius 3 is 1.60 bits per heavy atom. The van der Waals surface area contributed by atoms with Crippen LogP contribution in [0.5, 0.6) is 0 Å². The number of hydrogen-bond donors (Lipinski definition) is 0. The topological polar surface area (TPSA) is 0 Å². The highest BCUT2D eigenvalue weighted by molar-refractivity contribution is 9.11. The highest BCUT2D eigenvalue weighted by atomic mass is 79.9. The Labute approximate surface area is 78.2 Å². The van der Waals surface area contributed by atoms with Gasteiger partial charge in [-0.2, -0.15) is 0 Å². The molecular formula is C8H8Br2. The minimum Gasteiger partial charge on any atom is -0.106 e. The Morgan fingerprint density at radius 1 is 1.00 bits per heavy atom. The fraction of sp³-hybridized carbons (Fsp3) is 0. The SMILES string of the molecule is Brc1cccc(Br)c1.C=C. The molecule has 0 spiro atoms. The van der Waals surface area contributed by atoms with Crippen LogP contribution < -0.4 is 0 Å². The van der Waals surface area contributed by atoms with E-state index >= 15 is 0 Å². The number of benzene rings is 1. The smallest absolute Gasteiger partial charge is 0.0186 e. The molecule has 0 N–H and O–H groups in total. The first kappa shape index (κ1) is 9.92. The molecule has 0 aliphatic rings. The molecule has 0 heterocycles. The minimum atomic E-state index is 1.10. The van der Waals surface area contributed by atoms with Crippen molar-refractivity contribution < 1.29 is 0 Å². The van der Waals surface area contributed by atoms with Gasteiger partial charge in [-0.05, 0) is 18.2 Å². The van der Waals surface area contributed by atoms with Gasteiger partial charge in [-0.1, -0.05) is 37.9 Å². The van der Waals surface area contributed by atoms with Gasteiger partial charge in [0.2, 0.25) is 0 Å². The van der Waals surface area contributed by atoms with E-state index in [1.54, 1.807) is 0 Å². The van der Waals surface area contributed by atoms with Crippen LogP contribution in [0, 0.1) is 0 Å². The molecule has 0 bridgehead atoms. The van der Waals surface area contributed by atoms with Crippen LogP contribution in [0.15, 0.2) is 46.4 Å². The van der Waals surface area contributed by atoms with Gasteiger partial charge < -0.3 is 0 Å². The van der Waals surface area contributed by atoms with Crippen LogP contribution in [0.2, 0.25) is 0 Å². The van der Waals surface area contributed by atoms with Crippen molar-refractivity contribution in [1.82, 2.24) is 0 Å². The number of rotatable bonds is 0. The normalized spacial score (nSPS) is 7.80. The summed E-state index contributed by atoms with van der Waals surface area (Å²) < 4.78 is 2.21. The lowest BCUT2D eigenvalue weighted by Crippen LogP contribution is -1.61. The van der Waals surface area contributed by atoms with Crippen LogP contribution in [-0.2, 0) is 0 Å². The van der Waals surface area contributed by atoms with Gasteiger partial charge in [0.15, 0.2) is 0 Å². The van der Waals surface area contributed by atoms with Crippen LogP contribution in [0.4, 0.5) is 0 Å². The molecule has 1 aromatic carbocycles. The first-order valence-electron chi connectivity index (χ1n) is 2.70. The van der Waals surface area contributed by atoms with Gasteiger partial charge in [0.05, 0.1) is 0 Å². The molecule has 0 saturated heterocycles. The third-order valence-electron chi connectivity index (χ3n) is 0.787. The Balaban J connectivity index is 0.000000371. The fourth-order valence-corrected chi connectivity index (χ4v) is 1.57. The number of hydrogen-bond acceptors (Lipinski definition) is 0. The van der Waals surface area contributed by atoms with Gasteiger partial charge >= 0.3 is 0 Å². The van der Waals surface area contributed by atoms with E-state index in [1.807, 2.05) is 24.3 Å². The maximum atomic E-state index is 3.33. The molecule has 0 saturated carbocycles. The zero-order valence-corrected chi connectivity index (χ0v) is 8.65. The summed E-state index contributed by atoms with van der Waals surface area (Å²) in [6.07, 6.45) is 0. The lowest BCUT2D eigenvalue weighted by atomic mass is 10.4. The average Bonchev–Trinajstić information content (AvgIpc) is 1.91. The van der Waals surface area contributed by atoms with E-state index < -0.39 is 0 Å². The van der Waals surface area contributed by atoms with Crippen LogP contribution in [0.25, 0.3) is 0 Å². The predicted molar refractivity (Wildman–Crippen MR) is 53.1 cm³/mol. The predicted octanol–water partition coefficient (Wildman–Crippen LogP) is 4.01. The second-order valence-corrected chi connectivity index (χ2v) is 3.27. The van der Waals surface area contributed by atoms with Gasteiger partial charge in [0, 0.05) is 8.95 Å². The molecule has 0 radical (unpaired) electrons. The highest BCUT2D eigenvalue weighted by Crippen LogP contribution is 2.15. The Bertz CT molecular complexity index is 179. The molecule has 54 valence electrons. The van der Waals surface area contributed by atoms with Gasteiger partial charge in [0.25, 0.3) is 0 Å². The molecule has 0 fully saturated rings. The monoisotopic (exact) mass is 262 g/mol. The van der Waals surface area contributed by atoms with Gasteiger partial charge in [-0.3, -0.25) is 0 Å². The lowest BCUT2D eigenvalue weighted by Gasteiger charge is -1.87. The minimum absolute atomic E-state index is 1.10. The van der Waals surface area contributed by atoms with Gasteiger partial charge in [-0.15, -0.1) is 13.2 Å². The average molecular weight is 264 g/mol. The summed E-state index contributed by atoms with van der Waals surface area (Å²) in [5.41, 5.74) is 0. The second-order valence-electron chi connectivity index (χ2n) is 1.44. The van der Waals surface area contributed by atoms with Crippen LogP contribution in [0.1, 0.15) is 0 Å². The summed E-state index contributed by atoms with van der Waals surface area (Å²) in [7, 11) is 0. The Kier molecular flexibility index (Phi) is 5.64. The third-order valence-corrected chi connectivity index (χ3v) is 1.77. The largest absolute Gasteiger partial charge is 0.106 e. The molecule has 2 heteroatoms. The molecule has 10 heavy (non-hydrogen) atoms. The van der Waals surface area contributed by atoms with E-state index in [-0.39, 0.29) is 0 Å². The molecule has 1 aromatic rings. The molecule has 0 amide bonds. The Hall–Kier alpha value is -0.0800. The van der Waals surface area contributed by atoms with E-state index in [4.69, 9.17) is 0 Å². The zero-order chi connectivity index (χ0) is 7.98. The van der Waals surface area contributed by atoms with Crippen LogP contribution >= 0.6 is 31.9 Å². The zero-order valence-electron chi connectivity index (χ0n) is 5.48. The summed E-state index contributed by atoms with van der Waals surface area (Å²) in [4.78, 5) is 0. The van der Waals surface area contributed by atoms with Crippen LogP contribution in [0.3, 0.4) is 0 Å². The van der Waals surface area contributed by atoms with E-state index in [1.165, 1.54) is 0 Å². The van der Waals surface area contributed by atoms with Crippen molar-refractivity contribution in [3.63, 3.8) is 0 Å². The van der Waals surface area contributed by atoms with Crippen molar-refractivity contribution in [3.8, 4) is 0 Å². The van der Waals surface area contributed by atoms with Crippen molar-refractivity contribution in [2.24, 2.45) is 0 Å². The van der Waals surface area contributed by atoms with Crippen LogP contribution in [-0.4, -0.2) is 0 Å². The quantitative estimate of drug-likeness (QED) is 0.621. The van der Waals surface area contributed by atoms with Crippen molar-refractivity contribution in [2.45, 2.75) is 0 Å². The molecule has 0 aromatic heterocycles. The molecule has 1 rings (SSSR count). The molecular weight excluding hydrogens is 256 g/mol. The Morgan fingerprint density at radius 2 is 1.40 bits per heavy atom. The van der Waals surface area contributed by atoms with Crippen molar-refractivity contribution in [2.75, 3.05) is 0 Å². The lowest BCUT2D eigenvalue weighted by molar-refractivity contribution is 1.60. The van der Waals surface area contributed by atoms with Gasteiger partial charge in [-0.25, -0.2) is 0 Å². The van der Waals surface area contributed by atoms with E-state index in [9.17, 15) is 0 Å². The molecule has 0 nitrogen and oxygen atoms in total. The summed E-state index contributed by atoms with van der Waals surface area (Å²) in [5, 5.41) is 0. The number of halogens is 2. The molecule has 0 atom stereocenters. The van der Waals surface area contributed by atoms with E-state index in [0.717, 1.165) is 8.95 Å². The first-order chi connectivity index (χ1) is 4.79. The van der Waals surface area contributed by atoms with Crippen molar-refractivity contribution >= 4 is 31.9 Å². The van der Waals surface area contributed by atoms with E-state index in [0.29, 0.717) is 0 Å². The standard InChI is InChI=1S/C6H4Br2.C2H4/c7-5-2-1-3-6(8)4-5;1-2/h1-4H;1-2H2. The molecule has 0 aliphatic carbocycles. The highest BCUT2D eigenvalue weighted by Gasteiger charge is 1.84. The van der Waals surface area contributed by atoms with Crippen molar-refractivity contribution in [1.29, 1.82) is 0 Å². The van der Waals surface area contributed by atoms with E-state index in [2.05, 4.69) is 45.0 Å². The fourth-order valence-electron chi connectivity index (χ4n) is 0.460. The maximum Gasteiger partial charge on any atom is 0.0186 e. The first-order valence-corrected chi connectivity index (χ1v) is 4.29. The summed E-state index contributed by atoms with van der Waals surface area (Å²) in [6.45, 7) is 6.00. The maximum absolute atomic E-state index is 3.33. The van der Waals surface area contributed by atoms with Gasteiger partial charge in [0.1, 0.15) is 0 Å². The third kappa shape index (κ3) is 3.85. The summed E-state index contributed by atoms with van der Waals surface area (Å²) in [5.74, 6) is 0. The summed E-state index contributed by atoms with van der Waals surface area (Å²) in [6, 6.07) is 7.96. The molecule has 0 aliphatic heterocycles. The summed E-state index contributed by atoms with van der Waals surface area (Å²) >= 11 is 6.66. The second kappa shape index (κ2) is 5.69.